The molecule has 4 rings (SSSR count). The maximum atomic E-state index is 14.2. The molecule has 0 radical (unpaired) electrons. The number of halogens is 2. The van der Waals surface area contributed by atoms with E-state index >= 15 is 0 Å². The zero-order chi connectivity index (χ0) is 19.5. The van der Waals surface area contributed by atoms with Gasteiger partial charge in [0.25, 0.3) is 5.91 Å². The molecule has 0 atom stereocenters. The summed E-state index contributed by atoms with van der Waals surface area (Å²) in [4.78, 5) is 17.0. The normalized spacial score (nSPS) is 11.7. The summed E-state index contributed by atoms with van der Waals surface area (Å²) in [5.74, 6) is -0.426. The van der Waals surface area contributed by atoms with Crippen LogP contribution in [0.25, 0.3) is 11.0 Å². The first-order valence-electron chi connectivity index (χ1n) is 8.43. The van der Waals surface area contributed by atoms with E-state index in [9.17, 15) is 9.18 Å². The van der Waals surface area contributed by atoms with Gasteiger partial charge in [0.05, 0.1) is 12.8 Å². The van der Waals surface area contributed by atoms with Crippen molar-refractivity contribution in [1.29, 1.82) is 0 Å². The van der Waals surface area contributed by atoms with Crippen LogP contribution in [0.3, 0.4) is 0 Å². The van der Waals surface area contributed by atoms with E-state index in [1.165, 1.54) is 18.4 Å². The van der Waals surface area contributed by atoms with Gasteiger partial charge in [-0.05, 0) is 42.5 Å². The van der Waals surface area contributed by atoms with Gasteiger partial charge in [-0.2, -0.15) is 0 Å². The van der Waals surface area contributed by atoms with Gasteiger partial charge in [0.1, 0.15) is 28.4 Å². The lowest BCUT2D eigenvalue weighted by Gasteiger charge is -2.06. The third kappa shape index (κ3) is 3.82. The van der Waals surface area contributed by atoms with Gasteiger partial charge in [-0.1, -0.05) is 29.8 Å². The number of nitrogens with one attached hydrogen (secondary N) is 1. The number of benzene rings is 2. The molecule has 1 amide bonds. The third-order valence-electron chi connectivity index (χ3n) is 4.04. The average molecular weight is 397 g/mol. The lowest BCUT2D eigenvalue weighted by molar-refractivity contribution is 0.0944. The molecule has 2 heterocycles. The Labute approximate surface area is 164 Å². The fourth-order valence-electron chi connectivity index (χ4n) is 2.67. The molecular formula is C21H14ClFN2O3. The Bertz CT molecular complexity index is 1220. The molecule has 1 N–H and O–H groups in total. The highest BCUT2D eigenvalue weighted by Gasteiger charge is 2.14. The lowest BCUT2D eigenvalue weighted by atomic mass is 10.1. The Balaban J connectivity index is 1.80. The Morgan fingerprint density at radius 3 is 2.75 bits per heavy atom. The van der Waals surface area contributed by atoms with Crippen molar-refractivity contribution in [1.82, 2.24) is 5.32 Å². The second-order valence-electron chi connectivity index (χ2n) is 5.97. The van der Waals surface area contributed by atoms with Gasteiger partial charge in [-0.25, -0.2) is 9.38 Å². The van der Waals surface area contributed by atoms with Crippen molar-refractivity contribution in [2.45, 2.75) is 6.54 Å². The largest absolute Gasteiger partial charge is 0.467 e. The van der Waals surface area contributed by atoms with Crippen LogP contribution in [0.4, 0.5) is 10.1 Å². The number of carbonyl (C=O) groups excluding carboxylic acids is 1. The maximum Gasteiger partial charge on any atom is 0.257 e. The Kier molecular flexibility index (Phi) is 4.95. The van der Waals surface area contributed by atoms with Crippen molar-refractivity contribution in [3.05, 3.63) is 94.6 Å². The number of carbonyl (C=O) groups is 1. The summed E-state index contributed by atoms with van der Waals surface area (Å²) in [6, 6.07) is 16.4. The van der Waals surface area contributed by atoms with E-state index in [0.717, 1.165) is 11.5 Å². The molecule has 0 aliphatic rings. The Hall–Kier alpha value is -3.38. The summed E-state index contributed by atoms with van der Waals surface area (Å²) in [5.41, 5.74) is 0.721. The second-order valence-corrected chi connectivity index (χ2v) is 6.41. The van der Waals surface area contributed by atoms with Gasteiger partial charge in [0.15, 0.2) is 0 Å². The Morgan fingerprint density at radius 2 is 1.96 bits per heavy atom. The highest BCUT2D eigenvalue weighted by Crippen LogP contribution is 2.21. The molecule has 4 aromatic rings. The first kappa shape index (κ1) is 18.0. The molecule has 0 saturated heterocycles. The SMILES string of the molecule is O=C(NCc1ccco1)c1cc2ccccc2oc1=Nc1ccc(Cl)cc1F. The molecule has 0 spiro atoms. The molecule has 0 saturated carbocycles. The fourth-order valence-corrected chi connectivity index (χ4v) is 2.83. The van der Waals surface area contributed by atoms with Crippen LogP contribution >= 0.6 is 11.6 Å². The van der Waals surface area contributed by atoms with Crippen LogP contribution in [0.2, 0.25) is 5.02 Å². The molecule has 5 nitrogen and oxygen atoms in total. The van der Waals surface area contributed by atoms with Crippen LogP contribution in [0, 0.1) is 5.82 Å². The van der Waals surface area contributed by atoms with Crippen molar-refractivity contribution in [3.8, 4) is 0 Å². The first-order chi connectivity index (χ1) is 13.6. The molecule has 2 aromatic heterocycles. The van der Waals surface area contributed by atoms with Crippen LogP contribution in [0.5, 0.6) is 0 Å². The van der Waals surface area contributed by atoms with Gasteiger partial charge in [0, 0.05) is 10.4 Å². The van der Waals surface area contributed by atoms with Crippen molar-refractivity contribution in [2.75, 3.05) is 0 Å². The smallest absolute Gasteiger partial charge is 0.257 e. The molecule has 7 heteroatoms. The molecule has 0 aliphatic heterocycles. The maximum absolute atomic E-state index is 14.2. The lowest BCUT2D eigenvalue weighted by Crippen LogP contribution is -2.28. The molecule has 0 unspecified atom stereocenters. The first-order valence-corrected chi connectivity index (χ1v) is 8.81. The van der Waals surface area contributed by atoms with E-state index in [0.29, 0.717) is 11.3 Å². The predicted molar refractivity (Wildman–Crippen MR) is 103 cm³/mol. The van der Waals surface area contributed by atoms with Crippen LogP contribution < -0.4 is 10.9 Å². The Morgan fingerprint density at radius 1 is 1.11 bits per heavy atom. The molecule has 0 fully saturated rings. The monoisotopic (exact) mass is 396 g/mol. The summed E-state index contributed by atoms with van der Waals surface area (Å²) in [5, 5.41) is 3.72. The van der Waals surface area contributed by atoms with E-state index in [1.54, 1.807) is 30.3 Å². The van der Waals surface area contributed by atoms with E-state index in [4.69, 9.17) is 20.4 Å². The van der Waals surface area contributed by atoms with E-state index < -0.39 is 11.7 Å². The summed E-state index contributed by atoms with van der Waals surface area (Å²) in [7, 11) is 0. The number of amides is 1. The number of para-hydroxylation sites is 1. The molecular weight excluding hydrogens is 383 g/mol. The molecule has 0 aliphatic carbocycles. The second kappa shape index (κ2) is 7.70. The molecule has 140 valence electrons. The summed E-state index contributed by atoms with van der Waals surface area (Å²) >= 11 is 5.79. The van der Waals surface area contributed by atoms with Crippen molar-refractivity contribution >= 4 is 34.2 Å². The number of furan rings is 1. The van der Waals surface area contributed by atoms with E-state index in [2.05, 4.69) is 10.3 Å². The molecule has 2 aromatic carbocycles. The van der Waals surface area contributed by atoms with Gasteiger partial charge in [0.2, 0.25) is 5.55 Å². The van der Waals surface area contributed by atoms with Gasteiger partial charge >= 0.3 is 0 Å². The minimum atomic E-state index is -0.613. The van der Waals surface area contributed by atoms with Gasteiger partial charge < -0.3 is 14.2 Å². The third-order valence-corrected chi connectivity index (χ3v) is 4.27. The molecule has 28 heavy (non-hydrogen) atoms. The summed E-state index contributed by atoms with van der Waals surface area (Å²) in [6.07, 6.45) is 1.52. The van der Waals surface area contributed by atoms with E-state index in [-0.39, 0.29) is 28.4 Å². The highest BCUT2D eigenvalue weighted by molar-refractivity contribution is 6.30. The average Bonchev–Trinajstić information content (AvgIpc) is 3.21. The van der Waals surface area contributed by atoms with Crippen molar-refractivity contribution in [2.24, 2.45) is 4.99 Å². The minimum absolute atomic E-state index is 0.00290. The zero-order valence-electron chi connectivity index (χ0n) is 14.5. The summed E-state index contributed by atoms with van der Waals surface area (Å²) in [6.45, 7) is 0.202. The number of nitrogens with zero attached hydrogens (tertiary/aromatic N) is 1. The van der Waals surface area contributed by atoms with E-state index in [1.807, 2.05) is 12.1 Å². The van der Waals surface area contributed by atoms with Crippen LogP contribution in [-0.4, -0.2) is 5.91 Å². The zero-order valence-corrected chi connectivity index (χ0v) is 15.2. The number of hydrogen-bond donors (Lipinski definition) is 1. The highest BCUT2D eigenvalue weighted by atomic mass is 35.5. The van der Waals surface area contributed by atoms with Crippen molar-refractivity contribution < 1.29 is 18.0 Å². The summed E-state index contributed by atoms with van der Waals surface area (Å²) < 4.78 is 25.2. The fraction of sp³-hybridized carbons (Fsp3) is 0.0476. The van der Waals surface area contributed by atoms with Crippen LogP contribution in [0.15, 0.2) is 80.8 Å². The topological polar surface area (TPSA) is 67.7 Å². The van der Waals surface area contributed by atoms with Crippen LogP contribution in [0.1, 0.15) is 16.1 Å². The van der Waals surface area contributed by atoms with Gasteiger partial charge in [-0.15, -0.1) is 0 Å². The standard InChI is InChI=1S/C21H14ClFN2O3/c22-14-7-8-18(17(23)11-14)25-21-16(10-13-4-1-2-6-19(13)28-21)20(26)24-12-15-5-3-9-27-15/h1-11H,12H2,(H,24,26). The quantitative estimate of drug-likeness (QED) is 0.529. The van der Waals surface area contributed by atoms with Crippen molar-refractivity contribution in [3.63, 3.8) is 0 Å². The number of rotatable bonds is 4. The van der Waals surface area contributed by atoms with Crippen LogP contribution in [-0.2, 0) is 6.54 Å². The number of hydrogen-bond acceptors (Lipinski definition) is 4. The van der Waals surface area contributed by atoms with Gasteiger partial charge in [-0.3, -0.25) is 4.79 Å². The number of fused-ring (bicyclic) bond motifs is 1. The predicted octanol–water partition coefficient (Wildman–Crippen LogP) is 4.98. The minimum Gasteiger partial charge on any atom is -0.467 e. The molecule has 0 bridgehead atoms.